The van der Waals surface area contributed by atoms with E-state index in [0.717, 1.165) is 12.0 Å². The van der Waals surface area contributed by atoms with Crippen molar-refractivity contribution in [3.8, 4) is 0 Å². The van der Waals surface area contributed by atoms with Crippen LogP contribution in [0.3, 0.4) is 0 Å². The Kier molecular flexibility index (Phi) is 2.80. The van der Waals surface area contributed by atoms with E-state index >= 15 is 0 Å². The number of aryl methyl sites for hydroxylation is 1. The molecule has 16 heavy (non-hydrogen) atoms. The lowest BCUT2D eigenvalue weighted by atomic mass is 9.74. The molecule has 1 aliphatic heterocycles. The third-order valence-electron chi connectivity index (χ3n) is 4.28. The summed E-state index contributed by atoms with van der Waals surface area (Å²) in [6.07, 6.45) is 5.30. The summed E-state index contributed by atoms with van der Waals surface area (Å²) in [5, 5.41) is 0. The zero-order valence-corrected chi connectivity index (χ0v) is 11.3. The monoisotopic (exact) mass is 279 g/mol. The Morgan fingerprint density at radius 3 is 3.06 bits per heavy atom. The molecule has 1 aromatic carbocycles. The lowest BCUT2D eigenvalue weighted by Gasteiger charge is -2.43. The fourth-order valence-corrected chi connectivity index (χ4v) is 4.20. The molecule has 1 aromatic rings. The largest absolute Gasteiger partial charge is 0.303 e. The molecule has 0 saturated carbocycles. The first kappa shape index (κ1) is 10.8. The van der Waals surface area contributed by atoms with Gasteiger partial charge < -0.3 is 4.90 Å². The van der Waals surface area contributed by atoms with Gasteiger partial charge in [-0.25, -0.2) is 0 Å². The highest BCUT2D eigenvalue weighted by molar-refractivity contribution is 9.10. The van der Waals surface area contributed by atoms with Gasteiger partial charge in [0.05, 0.1) is 0 Å². The van der Waals surface area contributed by atoms with Gasteiger partial charge in [-0.15, -0.1) is 0 Å². The van der Waals surface area contributed by atoms with E-state index in [2.05, 4.69) is 46.1 Å². The van der Waals surface area contributed by atoms with Crippen LogP contribution in [0.15, 0.2) is 22.7 Å². The minimum absolute atomic E-state index is 0.762. The summed E-state index contributed by atoms with van der Waals surface area (Å²) in [7, 11) is 2.29. The molecule has 0 N–H and O–H groups in total. The van der Waals surface area contributed by atoms with Crippen LogP contribution in [0, 0.1) is 0 Å². The summed E-state index contributed by atoms with van der Waals surface area (Å²) in [6.45, 7) is 1.28. The molecule has 1 fully saturated rings. The summed E-state index contributed by atoms with van der Waals surface area (Å²) < 4.78 is 1.33. The fraction of sp³-hybridized carbons (Fsp3) is 0.571. The minimum atomic E-state index is 0.762. The average molecular weight is 280 g/mol. The number of rotatable bonds is 0. The summed E-state index contributed by atoms with van der Waals surface area (Å²) in [5.74, 6) is 0.762. The number of likely N-dealkylation sites (tertiary alicyclic amines) is 1. The maximum atomic E-state index is 3.75. The van der Waals surface area contributed by atoms with Gasteiger partial charge in [0.1, 0.15) is 0 Å². The van der Waals surface area contributed by atoms with Gasteiger partial charge in [0, 0.05) is 16.4 Å². The molecule has 1 saturated heterocycles. The van der Waals surface area contributed by atoms with Crippen LogP contribution in [0.4, 0.5) is 0 Å². The predicted octanol–water partition coefficient (Wildman–Crippen LogP) is 3.57. The van der Waals surface area contributed by atoms with Gasteiger partial charge in [0.2, 0.25) is 0 Å². The van der Waals surface area contributed by atoms with Crippen molar-refractivity contribution in [1.82, 2.24) is 4.90 Å². The van der Waals surface area contributed by atoms with Crippen LogP contribution in [0.2, 0.25) is 0 Å². The second kappa shape index (κ2) is 4.15. The summed E-state index contributed by atoms with van der Waals surface area (Å²) in [4.78, 5) is 2.57. The maximum absolute atomic E-state index is 3.75. The zero-order valence-electron chi connectivity index (χ0n) is 9.75. The van der Waals surface area contributed by atoms with Gasteiger partial charge >= 0.3 is 0 Å². The molecule has 2 unspecified atom stereocenters. The predicted molar refractivity (Wildman–Crippen MR) is 70.9 cm³/mol. The number of fused-ring (bicyclic) bond motifs is 3. The van der Waals surface area contributed by atoms with Crippen LogP contribution in [-0.4, -0.2) is 24.5 Å². The number of hydrogen-bond acceptors (Lipinski definition) is 1. The summed E-state index contributed by atoms with van der Waals surface area (Å²) in [5.41, 5.74) is 3.18. The zero-order chi connectivity index (χ0) is 11.1. The Morgan fingerprint density at radius 2 is 2.19 bits per heavy atom. The van der Waals surface area contributed by atoms with Crippen molar-refractivity contribution < 1.29 is 0 Å². The van der Waals surface area contributed by atoms with E-state index in [1.165, 1.54) is 36.7 Å². The number of halogens is 1. The lowest BCUT2D eigenvalue weighted by molar-refractivity contribution is 0.143. The molecule has 86 valence electrons. The van der Waals surface area contributed by atoms with E-state index in [1.54, 1.807) is 11.1 Å². The first-order valence-electron chi connectivity index (χ1n) is 6.25. The first-order valence-corrected chi connectivity index (χ1v) is 7.04. The van der Waals surface area contributed by atoms with Crippen LogP contribution in [-0.2, 0) is 6.42 Å². The third-order valence-corrected chi connectivity index (χ3v) is 4.97. The quantitative estimate of drug-likeness (QED) is 0.702. The molecule has 0 amide bonds. The molecular formula is C14H18BrN. The first-order chi connectivity index (χ1) is 7.77. The number of benzene rings is 1. The van der Waals surface area contributed by atoms with Crippen LogP contribution in [0.1, 0.15) is 36.3 Å². The van der Waals surface area contributed by atoms with Crippen molar-refractivity contribution in [2.45, 2.75) is 37.6 Å². The summed E-state index contributed by atoms with van der Waals surface area (Å²) in [6, 6.07) is 7.47. The smallest absolute Gasteiger partial charge is 0.0213 e. The normalized spacial score (nSPS) is 29.6. The highest BCUT2D eigenvalue weighted by atomic mass is 79.9. The molecule has 0 radical (unpaired) electrons. The van der Waals surface area contributed by atoms with Gasteiger partial charge in [-0.1, -0.05) is 28.1 Å². The second-order valence-corrected chi connectivity index (χ2v) is 6.00. The highest BCUT2D eigenvalue weighted by Gasteiger charge is 2.35. The number of hydrogen-bond donors (Lipinski definition) is 0. The van der Waals surface area contributed by atoms with Gasteiger partial charge in [0.15, 0.2) is 0 Å². The third kappa shape index (κ3) is 1.63. The van der Waals surface area contributed by atoms with E-state index in [-0.39, 0.29) is 0 Å². The van der Waals surface area contributed by atoms with Gasteiger partial charge in [-0.05, 0) is 56.5 Å². The molecule has 1 aliphatic carbocycles. The second-order valence-electron chi connectivity index (χ2n) is 5.15. The Hall–Kier alpha value is -0.340. The van der Waals surface area contributed by atoms with Gasteiger partial charge in [0.25, 0.3) is 0 Å². The number of nitrogens with zero attached hydrogens (tertiary/aromatic N) is 1. The van der Waals surface area contributed by atoms with Crippen molar-refractivity contribution in [2.24, 2.45) is 0 Å². The topological polar surface area (TPSA) is 3.24 Å². The van der Waals surface area contributed by atoms with Crippen molar-refractivity contribution >= 4 is 15.9 Å². The SMILES string of the molecule is CN1CCCC2c3c(Br)cccc3CCC21. The van der Waals surface area contributed by atoms with Crippen LogP contribution in [0.25, 0.3) is 0 Å². The molecule has 0 bridgehead atoms. The molecule has 1 nitrogen and oxygen atoms in total. The van der Waals surface area contributed by atoms with Crippen LogP contribution < -0.4 is 0 Å². The van der Waals surface area contributed by atoms with Crippen LogP contribution >= 0.6 is 15.9 Å². The van der Waals surface area contributed by atoms with E-state index in [4.69, 9.17) is 0 Å². The standard InChI is InChI=1S/C14H18BrN/c1-16-9-3-5-11-13(16)8-7-10-4-2-6-12(15)14(10)11/h2,4,6,11,13H,3,5,7-9H2,1H3. The van der Waals surface area contributed by atoms with Crippen molar-refractivity contribution in [2.75, 3.05) is 13.6 Å². The van der Waals surface area contributed by atoms with Gasteiger partial charge in [-0.3, -0.25) is 0 Å². The van der Waals surface area contributed by atoms with Crippen molar-refractivity contribution in [3.05, 3.63) is 33.8 Å². The van der Waals surface area contributed by atoms with E-state index < -0.39 is 0 Å². The molecule has 2 aliphatic rings. The lowest BCUT2D eigenvalue weighted by Crippen LogP contribution is -2.44. The Labute approximate surface area is 106 Å². The van der Waals surface area contributed by atoms with Crippen molar-refractivity contribution in [3.63, 3.8) is 0 Å². The highest BCUT2D eigenvalue weighted by Crippen LogP contribution is 2.43. The Morgan fingerprint density at radius 1 is 1.31 bits per heavy atom. The van der Waals surface area contributed by atoms with E-state index in [9.17, 15) is 0 Å². The number of likely N-dealkylation sites (N-methyl/N-ethyl adjacent to an activating group) is 1. The molecule has 0 spiro atoms. The molecule has 2 heteroatoms. The average Bonchev–Trinajstić information content (AvgIpc) is 2.29. The van der Waals surface area contributed by atoms with Crippen LogP contribution in [0.5, 0.6) is 0 Å². The van der Waals surface area contributed by atoms with E-state index in [0.29, 0.717) is 0 Å². The van der Waals surface area contributed by atoms with Crippen molar-refractivity contribution in [1.29, 1.82) is 0 Å². The maximum Gasteiger partial charge on any atom is 0.0213 e. The fourth-order valence-electron chi connectivity index (χ4n) is 3.50. The Balaban J connectivity index is 2.04. The molecule has 3 rings (SSSR count). The number of piperidine rings is 1. The molecule has 2 atom stereocenters. The summed E-state index contributed by atoms with van der Waals surface area (Å²) >= 11 is 3.75. The van der Waals surface area contributed by atoms with Gasteiger partial charge in [-0.2, -0.15) is 0 Å². The minimum Gasteiger partial charge on any atom is -0.303 e. The molecular weight excluding hydrogens is 262 g/mol. The molecule has 0 aromatic heterocycles. The Bertz CT molecular complexity index is 402. The van der Waals surface area contributed by atoms with E-state index in [1.807, 2.05) is 0 Å². The molecule has 1 heterocycles.